The maximum atomic E-state index is 12.4. The zero-order chi connectivity index (χ0) is 15.9. The van der Waals surface area contributed by atoms with Gasteiger partial charge in [-0.05, 0) is 18.8 Å². The minimum atomic E-state index is -2.73. The van der Waals surface area contributed by atoms with Gasteiger partial charge in [-0.1, -0.05) is 17.8 Å². The summed E-state index contributed by atoms with van der Waals surface area (Å²) in [4.78, 5) is 25.1. The van der Waals surface area contributed by atoms with Crippen molar-refractivity contribution in [3.63, 3.8) is 0 Å². The third kappa shape index (κ3) is 2.40. The van der Waals surface area contributed by atoms with Crippen LogP contribution in [-0.2, 0) is 4.79 Å². The van der Waals surface area contributed by atoms with Crippen LogP contribution in [0.3, 0.4) is 0 Å². The van der Waals surface area contributed by atoms with E-state index >= 15 is 0 Å². The van der Waals surface area contributed by atoms with Crippen LogP contribution >= 0.6 is 11.3 Å². The molecule has 10 heteroatoms. The Morgan fingerprint density at radius 1 is 1.45 bits per heavy atom. The van der Waals surface area contributed by atoms with Gasteiger partial charge in [0, 0.05) is 13.1 Å². The van der Waals surface area contributed by atoms with Crippen molar-refractivity contribution in [3.8, 4) is 0 Å². The van der Waals surface area contributed by atoms with Crippen molar-refractivity contribution in [2.75, 3.05) is 18.4 Å². The van der Waals surface area contributed by atoms with Gasteiger partial charge < -0.3 is 10.0 Å². The zero-order valence-electron chi connectivity index (χ0n) is 11.5. The van der Waals surface area contributed by atoms with E-state index in [1.165, 1.54) is 4.90 Å². The van der Waals surface area contributed by atoms with Crippen LogP contribution < -0.4 is 5.32 Å². The highest BCUT2D eigenvalue weighted by atomic mass is 32.1. The maximum absolute atomic E-state index is 12.4. The van der Waals surface area contributed by atoms with Gasteiger partial charge in [-0.25, -0.2) is 13.6 Å². The van der Waals surface area contributed by atoms with Crippen LogP contribution in [0.25, 0.3) is 0 Å². The molecule has 2 aliphatic rings. The topological polar surface area (TPSA) is 95.4 Å². The molecule has 0 radical (unpaired) electrons. The van der Waals surface area contributed by atoms with Crippen LogP contribution in [0.2, 0.25) is 0 Å². The van der Waals surface area contributed by atoms with Crippen LogP contribution in [0.1, 0.15) is 30.7 Å². The number of nitrogens with zero attached hydrogens (tertiary/aromatic N) is 3. The molecule has 1 saturated heterocycles. The molecule has 1 aromatic rings. The van der Waals surface area contributed by atoms with Gasteiger partial charge in [-0.2, -0.15) is 0 Å². The van der Waals surface area contributed by atoms with Gasteiger partial charge in [-0.3, -0.25) is 10.1 Å². The normalized spacial score (nSPS) is 27.2. The average molecular weight is 332 g/mol. The number of hydrogen-bond donors (Lipinski definition) is 2. The molecule has 2 fully saturated rings. The molecule has 1 aliphatic carbocycles. The first-order valence-corrected chi connectivity index (χ1v) is 7.65. The van der Waals surface area contributed by atoms with Crippen molar-refractivity contribution < 1.29 is 23.5 Å². The predicted molar refractivity (Wildman–Crippen MR) is 72.9 cm³/mol. The number of halogens is 2. The number of amides is 2. The van der Waals surface area contributed by atoms with Crippen molar-refractivity contribution in [1.29, 1.82) is 0 Å². The lowest BCUT2D eigenvalue weighted by atomic mass is 9.81. The van der Waals surface area contributed by atoms with Crippen molar-refractivity contribution in [3.05, 3.63) is 5.01 Å². The fourth-order valence-corrected chi connectivity index (χ4v) is 3.93. The first-order chi connectivity index (χ1) is 10.4. The Morgan fingerprint density at radius 2 is 2.23 bits per heavy atom. The zero-order valence-corrected chi connectivity index (χ0v) is 12.3. The van der Waals surface area contributed by atoms with Crippen LogP contribution in [0.15, 0.2) is 0 Å². The van der Waals surface area contributed by atoms with E-state index in [1.54, 1.807) is 0 Å². The Hall–Kier alpha value is -1.84. The summed E-state index contributed by atoms with van der Waals surface area (Å²) >= 11 is 0.608. The first-order valence-electron chi connectivity index (χ1n) is 6.83. The third-order valence-electron chi connectivity index (χ3n) is 4.43. The number of anilines is 1. The standard InChI is InChI=1S/C12H14F2N4O3S/c13-7(14)8-16-17-10(22-8)15-11(21)18-4-6-2-1-3-12(6,5-18)9(19)20/h6-7H,1-5H2,(H,19,20)(H,15,17,21)/t6-,12+/m0/s1. The molecule has 3 rings (SSSR count). The lowest BCUT2D eigenvalue weighted by Crippen LogP contribution is -2.38. The van der Waals surface area contributed by atoms with E-state index in [2.05, 4.69) is 15.5 Å². The molecule has 1 saturated carbocycles. The van der Waals surface area contributed by atoms with Crippen molar-refractivity contribution in [2.45, 2.75) is 25.7 Å². The molecule has 1 aliphatic heterocycles. The van der Waals surface area contributed by atoms with Gasteiger partial charge in [0.1, 0.15) is 0 Å². The summed E-state index contributed by atoms with van der Waals surface area (Å²) in [5, 5.41) is 18.2. The summed E-state index contributed by atoms with van der Waals surface area (Å²) in [6.07, 6.45) is -0.541. The highest BCUT2D eigenvalue weighted by Gasteiger charge is 2.55. The third-order valence-corrected chi connectivity index (χ3v) is 5.27. The molecular formula is C12H14F2N4O3S. The SMILES string of the molecule is O=C(Nc1nnc(C(F)F)s1)N1C[C@@H]2CCC[C@@]2(C(=O)O)C1. The molecule has 0 unspecified atom stereocenters. The van der Waals surface area contributed by atoms with Gasteiger partial charge in [-0.15, -0.1) is 10.2 Å². The van der Waals surface area contributed by atoms with Gasteiger partial charge in [0.05, 0.1) is 5.41 Å². The Balaban J connectivity index is 1.67. The average Bonchev–Trinajstić information content (AvgIpc) is 3.10. The van der Waals surface area contributed by atoms with Gasteiger partial charge in [0.15, 0.2) is 5.01 Å². The molecule has 120 valence electrons. The number of carboxylic acids is 1. The summed E-state index contributed by atoms with van der Waals surface area (Å²) in [5.41, 5.74) is -0.868. The number of alkyl halides is 2. The highest BCUT2D eigenvalue weighted by molar-refractivity contribution is 7.15. The van der Waals surface area contributed by atoms with E-state index < -0.39 is 28.8 Å². The minimum absolute atomic E-state index is 0.0123. The predicted octanol–water partition coefficient (Wildman–Crippen LogP) is 2.19. The van der Waals surface area contributed by atoms with Crippen LogP contribution in [-0.4, -0.2) is 45.3 Å². The van der Waals surface area contributed by atoms with E-state index in [0.29, 0.717) is 24.3 Å². The van der Waals surface area contributed by atoms with Crippen LogP contribution in [0.4, 0.5) is 18.7 Å². The number of aliphatic carboxylic acids is 1. The lowest BCUT2D eigenvalue weighted by Gasteiger charge is -2.23. The number of rotatable bonds is 3. The fourth-order valence-electron chi connectivity index (χ4n) is 3.34. The monoisotopic (exact) mass is 332 g/mol. The van der Waals surface area contributed by atoms with Crippen LogP contribution in [0, 0.1) is 11.3 Å². The Bertz CT molecular complexity index is 611. The Morgan fingerprint density at radius 3 is 2.82 bits per heavy atom. The highest BCUT2D eigenvalue weighted by Crippen LogP contribution is 2.48. The Kier molecular flexibility index (Phi) is 3.71. The largest absolute Gasteiger partial charge is 0.481 e. The molecule has 0 aromatic carbocycles. The second kappa shape index (κ2) is 5.41. The summed E-state index contributed by atoms with van der Waals surface area (Å²) in [5.74, 6) is -0.928. The minimum Gasteiger partial charge on any atom is -0.481 e. The number of aromatic nitrogens is 2. The van der Waals surface area contributed by atoms with Crippen LogP contribution in [0.5, 0.6) is 0 Å². The molecule has 0 spiro atoms. The molecule has 2 amide bonds. The molecule has 0 bridgehead atoms. The van der Waals surface area contributed by atoms with E-state index in [1.807, 2.05) is 0 Å². The summed E-state index contributed by atoms with van der Waals surface area (Å²) in [7, 11) is 0. The number of carbonyl (C=O) groups is 2. The summed E-state index contributed by atoms with van der Waals surface area (Å²) in [6.45, 7) is 0.498. The maximum Gasteiger partial charge on any atom is 0.323 e. The van der Waals surface area contributed by atoms with Gasteiger partial charge in [0.25, 0.3) is 6.43 Å². The van der Waals surface area contributed by atoms with E-state index in [9.17, 15) is 23.5 Å². The van der Waals surface area contributed by atoms with Gasteiger partial charge in [0.2, 0.25) is 5.13 Å². The Labute approximate surface area is 128 Å². The van der Waals surface area contributed by atoms with Gasteiger partial charge >= 0.3 is 12.0 Å². The van der Waals surface area contributed by atoms with Crippen molar-refractivity contribution >= 4 is 28.5 Å². The van der Waals surface area contributed by atoms with Crippen molar-refractivity contribution in [1.82, 2.24) is 15.1 Å². The number of nitrogens with one attached hydrogen (secondary N) is 1. The quantitative estimate of drug-likeness (QED) is 0.885. The molecule has 22 heavy (non-hydrogen) atoms. The van der Waals surface area contributed by atoms with Crippen molar-refractivity contribution in [2.24, 2.45) is 11.3 Å². The smallest absolute Gasteiger partial charge is 0.323 e. The number of carbonyl (C=O) groups excluding carboxylic acids is 1. The molecule has 2 atom stereocenters. The lowest BCUT2D eigenvalue weighted by molar-refractivity contribution is -0.149. The van der Waals surface area contributed by atoms with E-state index in [-0.39, 0.29) is 17.6 Å². The summed E-state index contributed by atoms with van der Waals surface area (Å²) < 4.78 is 24.9. The second-order valence-electron chi connectivity index (χ2n) is 5.61. The van der Waals surface area contributed by atoms with E-state index in [0.717, 1.165) is 12.8 Å². The number of likely N-dealkylation sites (tertiary alicyclic amines) is 1. The number of hydrogen-bond acceptors (Lipinski definition) is 5. The summed E-state index contributed by atoms with van der Waals surface area (Å²) in [6, 6.07) is -0.521. The molecule has 2 N–H and O–H groups in total. The fraction of sp³-hybridized carbons (Fsp3) is 0.667. The molecule has 7 nitrogen and oxygen atoms in total. The number of urea groups is 1. The second-order valence-corrected chi connectivity index (χ2v) is 6.62. The molecular weight excluding hydrogens is 318 g/mol. The molecule has 2 heterocycles. The molecule has 1 aromatic heterocycles. The van der Waals surface area contributed by atoms with E-state index in [4.69, 9.17) is 0 Å². The number of fused-ring (bicyclic) bond motifs is 1. The number of carboxylic acid groups (broad SMARTS) is 1. The first kappa shape index (κ1) is 15.1.